The second kappa shape index (κ2) is 6.73. The van der Waals surface area contributed by atoms with Gasteiger partial charge in [0.05, 0.1) is 5.69 Å². The molecule has 1 aliphatic heterocycles. The molecule has 2 heterocycles. The van der Waals surface area contributed by atoms with E-state index in [2.05, 4.69) is 5.10 Å². The Bertz CT molecular complexity index is 850. The largest absolute Gasteiger partial charge is 0.304 e. The standard InChI is InChI=1S/C17H17ClFN3O2/c1-2-9-22-15(23)8-7-14(20-22)17(24)21-10-3-4-11-12(18)5-6-13(19)16(11)21/h5-8H,2-4,9-10H2,1H3. The fraction of sp³-hybridized carbons (Fsp3) is 0.353. The fourth-order valence-electron chi connectivity index (χ4n) is 2.91. The predicted molar refractivity (Wildman–Crippen MR) is 90.2 cm³/mol. The maximum absolute atomic E-state index is 14.3. The summed E-state index contributed by atoms with van der Waals surface area (Å²) in [4.78, 5) is 26.0. The zero-order chi connectivity index (χ0) is 17.3. The topological polar surface area (TPSA) is 55.2 Å². The van der Waals surface area contributed by atoms with Gasteiger partial charge in [0.1, 0.15) is 11.5 Å². The molecule has 1 aromatic heterocycles. The summed E-state index contributed by atoms with van der Waals surface area (Å²) in [7, 11) is 0. The van der Waals surface area contributed by atoms with Crippen molar-refractivity contribution in [1.29, 1.82) is 0 Å². The van der Waals surface area contributed by atoms with Gasteiger partial charge in [0, 0.05) is 24.2 Å². The zero-order valence-corrected chi connectivity index (χ0v) is 14.0. The van der Waals surface area contributed by atoms with E-state index in [0.717, 1.165) is 6.42 Å². The number of carbonyl (C=O) groups excluding carboxylic acids is 1. The number of hydrogen-bond donors (Lipinski definition) is 0. The first-order valence-corrected chi connectivity index (χ1v) is 8.27. The Morgan fingerprint density at radius 1 is 1.33 bits per heavy atom. The van der Waals surface area contributed by atoms with E-state index >= 15 is 0 Å². The van der Waals surface area contributed by atoms with Gasteiger partial charge in [-0.2, -0.15) is 5.10 Å². The van der Waals surface area contributed by atoms with Crippen molar-refractivity contribution in [2.24, 2.45) is 0 Å². The molecule has 5 nitrogen and oxygen atoms in total. The molecule has 24 heavy (non-hydrogen) atoms. The van der Waals surface area contributed by atoms with E-state index in [1.54, 1.807) is 0 Å². The summed E-state index contributed by atoms with van der Waals surface area (Å²) in [5, 5.41) is 4.57. The molecule has 1 aromatic carbocycles. The lowest BCUT2D eigenvalue weighted by molar-refractivity contribution is 0.0976. The van der Waals surface area contributed by atoms with Crippen LogP contribution in [-0.4, -0.2) is 22.2 Å². The number of rotatable bonds is 3. The summed E-state index contributed by atoms with van der Waals surface area (Å²) in [5.41, 5.74) is 0.712. The molecule has 1 aliphatic rings. The summed E-state index contributed by atoms with van der Waals surface area (Å²) < 4.78 is 15.6. The Balaban J connectivity index is 2.03. The van der Waals surface area contributed by atoms with Crippen molar-refractivity contribution in [3.05, 3.63) is 56.7 Å². The summed E-state index contributed by atoms with van der Waals surface area (Å²) >= 11 is 6.15. The minimum atomic E-state index is -0.482. The maximum Gasteiger partial charge on any atom is 0.278 e. The van der Waals surface area contributed by atoms with Gasteiger partial charge in [0.15, 0.2) is 0 Å². The van der Waals surface area contributed by atoms with Gasteiger partial charge in [-0.1, -0.05) is 18.5 Å². The lowest BCUT2D eigenvalue weighted by atomic mass is 10.0. The quantitative estimate of drug-likeness (QED) is 0.855. The van der Waals surface area contributed by atoms with Gasteiger partial charge in [-0.25, -0.2) is 9.07 Å². The summed E-state index contributed by atoms with van der Waals surface area (Å²) in [6.07, 6.45) is 2.04. The van der Waals surface area contributed by atoms with Crippen molar-refractivity contribution in [2.75, 3.05) is 11.4 Å². The van der Waals surface area contributed by atoms with Crippen molar-refractivity contribution >= 4 is 23.2 Å². The van der Waals surface area contributed by atoms with Gasteiger partial charge >= 0.3 is 0 Å². The first kappa shape index (κ1) is 16.6. The molecule has 0 radical (unpaired) electrons. The monoisotopic (exact) mass is 349 g/mol. The lowest BCUT2D eigenvalue weighted by Gasteiger charge is -2.30. The van der Waals surface area contributed by atoms with E-state index in [-0.39, 0.29) is 16.9 Å². The Morgan fingerprint density at radius 3 is 2.88 bits per heavy atom. The number of carbonyl (C=O) groups is 1. The first-order chi connectivity index (χ1) is 11.5. The van der Waals surface area contributed by atoms with Crippen molar-refractivity contribution in [2.45, 2.75) is 32.7 Å². The summed E-state index contributed by atoms with van der Waals surface area (Å²) in [6, 6.07) is 5.46. The maximum atomic E-state index is 14.3. The molecule has 0 bridgehead atoms. The molecule has 0 saturated heterocycles. The van der Waals surface area contributed by atoms with Crippen LogP contribution in [0.2, 0.25) is 5.02 Å². The molecule has 1 amide bonds. The molecular weight excluding hydrogens is 333 g/mol. The predicted octanol–water partition coefficient (Wildman–Crippen LogP) is 3.04. The summed E-state index contributed by atoms with van der Waals surface area (Å²) in [5.74, 6) is -0.911. The molecule has 0 aliphatic carbocycles. The third-order valence-electron chi connectivity index (χ3n) is 4.02. The number of hydrogen-bond acceptors (Lipinski definition) is 3. The van der Waals surface area contributed by atoms with Gasteiger partial charge < -0.3 is 4.90 Å². The zero-order valence-electron chi connectivity index (χ0n) is 13.3. The number of aryl methyl sites for hydroxylation is 1. The SMILES string of the molecule is CCCn1nc(C(=O)N2CCCc3c(Cl)ccc(F)c32)ccc1=O. The molecule has 0 saturated carbocycles. The minimum absolute atomic E-state index is 0.121. The van der Waals surface area contributed by atoms with Crippen LogP contribution in [0.15, 0.2) is 29.1 Å². The van der Waals surface area contributed by atoms with Crippen molar-refractivity contribution in [3.63, 3.8) is 0 Å². The van der Waals surface area contributed by atoms with Crippen molar-refractivity contribution in [1.82, 2.24) is 9.78 Å². The van der Waals surface area contributed by atoms with Crippen LogP contribution < -0.4 is 10.5 Å². The molecule has 126 valence electrons. The minimum Gasteiger partial charge on any atom is -0.304 e. The second-order valence-corrected chi connectivity index (χ2v) is 6.10. The summed E-state index contributed by atoms with van der Waals surface area (Å²) in [6.45, 7) is 2.73. The second-order valence-electron chi connectivity index (χ2n) is 5.70. The number of anilines is 1. The molecule has 2 aromatic rings. The number of benzene rings is 1. The third kappa shape index (κ3) is 2.94. The Morgan fingerprint density at radius 2 is 2.12 bits per heavy atom. The lowest BCUT2D eigenvalue weighted by Crippen LogP contribution is -2.38. The molecule has 0 spiro atoms. The van der Waals surface area contributed by atoms with Crippen LogP contribution in [0.3, 0.4) is 0 Å². The highest BCUT2D eigenvalue weighted by atomic mass is 35.5. The van der Waals surface area contributed by atoms with Crippen molar-refractivity contribution < 1.29 is 9.18 Å². The van der Waals surface area contributed by atoms with E-state index in [4.69, 9.17) is 11.6 Å². The molecule has 0 N–H and O–H groups in total. The van der Waals surface area contributed by atoms with Crippen LogP contribution in [-0.2, 0) is 13.0 Å². The number of nitrogens with zero attached hydrogens (tertiary/aromatic N) is 3. The first-order valence-electron chi connectivity index (χ1n) is 7.90. The normalized spacial score (nSPS) is 13.7. The van der Waals surface area contributed by atoms with Crippen LogP contribution in [0.5, 0.6) is 0 Å². The Hall–Kier alpha value is -2.21. The smallest absolute Gasteiger partial charge is 0.278 e. The van der Waals surface area contributed by atoms with E-state index in [0.29, 0.717) is 36.5 Å². The van der Waals surface area contributed by atoms with Gasteiger partial charge in [0.25, 0.3) is 11.5 Å². The van der Waals surface area contributed by atoms with E-state index in [1.807, 2.05) is 6.92 Å². The van der Waals surface area contributed by atoms with Crippen LogP contribution >= 0.6 is 11.6 Å². The van der Waals surface area contributed by atoms with Crippen molar-refractivity contribution in [3.8, 4) is 0 Å². The molecular formula is C17H17ClFN3O2. The van der Waals surface area contributed by atoms with E-state index < -0.39 is 11.7 Å². The van der Waals surface area contributed by atoms with Crippen LogP contribution in [0.25, 0.3) is 0 Å². The van der Waals surface area contributed by atoms with Crippen LogP contribution in [0.4, 0.5) is 10.1 Å². The molecule has 7 heteroatoms. The fourth-order valence-corrected chi connectivity index (χ4v) is 3.16. The average Bonchev–Trinajstić information content (AvgIpc) is 2.59. The highest BCUT2D eigenvalue weighted by Crippen LogP contribution is 2.35. The van der Waals surface area contributed by atoms with Crippen LogP contribution in [0.1, 0.15) is 35.8 Å². The molecule has 0 unspecified atom stereocenters. The van der Waals surface area contributed by atoms with Crippen LogP contribution in [0, 0.1) is 5.82 Å². The number of amides is 1. The molecule has 3 rings (SSSR count). The third-order valence-corrected chi connectivity index (χ3v) is 4.38. The number of halogens is 2. The highest BCUT2D eigenvalue weighted by molar-refractivity contribution is 6.32. The number of fused-ring (bicyclic) bond motifs is 1. The van der Waals surface area contributed by atoms with Gasteiger partial charge in [-0.15, -0.1) is 0 Å². The van der Waals surface area contributed by atoms with Gasteiger partial charge in [-0.3, -0.25) is 9.59 Å². The Kier molecular flexibility index (Phi) is 4.66. The molecule has 0 fully saturated rings. The average molecular weight is 350 g/mol. The Labute approximate surface area is 143 Å². The van der Waals surface area contributed by atoms with E-state index in [1.165, 1.54) is 33.8 Å². The highest BCUT2D eigenvalue weighted by Gasteiger charge is 2.29. The molecule has 0 atom stereocenters. The van der Waals surface area contributed by atoms with E-state index in [9.17, 15) is 14.0 Å². The number of aromatic nitrogens is 2. The van der Waals surface area contributed by atoms with Gasteiger partial charge in [-0.05, 0) is 43.0 Å². The van der Waals surface area contributed by atoms with Gasteiger partial charge in [0.2, 0.25) is 0 Å².